The average Bonchev–Trinajstić information content (AvgIpc) is 2.86. The molecule has 0 radical (unpaired) electrons. The minimum atomic E-state index is -0.215. The van der Waals surface area contributed by atoms with Gasteiger partial charge in [-0.25, -0.2) is 4.79 Å². The first-order valence-electron chi connectivity index (χ1n) is 6.82. The number of aliphatic hydroxyl groups is 1. The number of rotatable bonds is 5. The summed E-state index contributed by atoms with van der Waals surface area (Å²) < 4.78 is 0. The van der Waals surface area contributed by atoms with E-state index in [-0.39, 0.29) is 25.2 Å². The molecular formula is C15H18Cl2N2O2. The summed E-state index contributed by atoms with van der Waals surface area (Å²) >= 11 is 12.2. The summed E-state index contributed by atoms with van der Waals surface area (Å²) in [5.74, 6) is 0. The van der Waals surface area contributed by atoms with Crippen molar-refractivity contribution < 1.29 is 9.90 Å². The molecule has 1 atom stereocenters. The van der Waals surface area contributed by atoms with E-state index in [4.69, 9.17) is 28.3 Å². The molecule has 1 aromatic carbocycles. The Morgan fingerprint density at radius 1 is 1.52 bits per heavy atom. The van der Waals surface area contributed by atoms with Crippen LogP contribution in [0.25, 0.3) is 0 Å². The van der Waals surface area contributed by atoms with E-state index < -0.39 is 0 Å². The molecule has 21 heavy (non-hydrogen) atoms. The van der Waals surface area contributed by atoms with Gasteiger partial charge in [0.15, 0.2) is 0 Å². The quantitative estimate of drug-likeness (QED) is 0.815. The van der Waals surface area contributed by atoms with Gasteiger partial charge >= 0.3 is 6.03 Å². The number of nitrogens with one attached hydrogen (secondary N) is 1. The maximum atomic E-state index is 12.2. The molecule has 0 spiro atoms. The highest BCUT2D eigenvalue weighted by atomic mass is 35.5. The molecule has 0 saturated carbocycles. The number of fused-ring (bicyclic) bond motifs is 1. The van der Waals surface area contributed by atoms with Gasteiger partial charge in [-0.3, -0.25) is 0 Å². The van der Waals surface area contributed by atoms with Crippen LogP contribution in [0.4, 0.5) is 4.79 Å². The lowest BCUT2D eigenvalue weighted by molar-refractivity contribution is 0.180. The van der Waals surface area contributed by atoms with Gasteiger partial charge in [0.2, 0.25) is 0 Å². The fraction of sp³-hybridized carbons (Fsp3) is 0.400. The number of nitrogens with zero attached hydrogens (tertiary/aromatic N) is 1. The monoisotopic (exact) mass is 328 g/mol. The van der Waals surface area contributed by atoms with E-state index >= 15 is 0 Å². The average molecular weight is 329 g/mol. The number of hydrogen-bond acceptors (Lipinski definition) is 2. The van der Waals surface area contributed by atoms with Gasteiger partial charge in [0.25, 0.3) is 0 Å². The third kappa shape index (κ3) is 3.51. The first-order chi connectivity index (χ1) is 10.1. The number of halogens is 2. The van der Waals surface area contributed by atoms with E-state index in [0.717, 1.165) is 24.0 Å². The lowest BCUT2D eigenvalue weighted by Gasteiger charge is -2.23. The zero-order chi connectivity index (χ0) is 15.4. The number of carbonyl (C=O) groups is 1. The molecule has 0 fully saturated rings. The van der Waals surface area contributed by atoms with E-state index in [1.807, 2.05) is 6.07 Å². The van der Waals surface area contributed by atoms with Crippen LogP contribution in [0.15, 0.2) is 24.8 Å². The minimum Gasteiger partial charge on any atom is -0.395 e. The van der Waals surface area contributed by atoms with Gasteiger partial charge in [-0.15, -0.1) is 6.58 Å². The molecule has 2 N–H and O–H groups in total. The van der Waals surface area contributed by atoms with Crippen LogP contribution in [-0.4, -0.2) is 35.7 Å². The molecule has 0 aromatic heterocycles. The molecule has 1 aromatic rings. The molecular weight excluding hydrogens is 311 g/mol. The Labute approximate surface area is 134 Å². The van der Waals surface area contributed by atoms with Crippen molar-refractivity contribution in [2.24, 2.45) is 0 Å². The Hall–Kier alpha value is -1.23. The molecule has 6 heteroatoms. The Morgan fingerprint density at radius 2 is 2.29 bits per heavy atom. The van der Waals surface area contributed by atoms with Crippen LogP contribution in [0.1, 0.15) is 23.6 Å². The van der Waals surface area contributed by atoms with E-state index in [0.29, 0.717) is 16.6 Å². The van der Waals surface area contributed by atoms with E-state index in [1.165, 1.54) is 4.90 Å². The number of amides is 2. The van der Waals surface area contributed by atoms with Crippen LogP contribution in [0.5, 0.6) is 0 Å². The highest BCUT2D eigenvalue weighted by molar-refractivity contribution is 6.42. The summed E-state index contributed by atoms with van der Waals surface area (Å²) in [5.41, 5.74) is 2.02. The van der Waals surface area contributed by atoms with Crippen molar-refractivity contribution in [1.82, 2.24) is 10.2 Å². The summed E-state index contributed by atoms with van der Waals surface area (Å²) in [6.07, 6.45) is 3.22. The normalized spacial score (nSPS) is 16.4. The van der Waals surface area contributed by atoms with Crippen molar-refractivity contribution in [1.29, 1.82) is 0 Å². The molecule has 4 nitrogen and oxygen atoms in total. The van der Waals surface area contributed by atoms with Crippen LogP contribution in [0.3, 0.4) is 0 Å². The van der Waals surface area contributed by atoms with Gasteiger partial charge in [0.05, 0.1) is 22.7 Å². The van der Waals surface area contributed by atoms with Crippen molar-refractivity contribution in [2.45, 2.75) is 18.9 Å². The molecule has 114 valence electrons. The molecule has 2 amide bonds. The third-order valence-corrected chi connectivity index (χ3v) is 4.44. The first-order valence-corrected chi connectivity index (χ1v) is 7.58. The second kappa shape index (κ2) is 7.16. The predicted molar refractivity (Wildman–Crippen MR) is 84.9 cm³/mol. The molecule has 0 saturated heterocycles. The zero-order valence-corrected chi connectivity index (χ0v) is 13.1. The lowest BCUT2D eigenvalue weighted by Crippen LogP contribution is -2.42. The molecule has 0 bridgehead atoms. The second-order valence-corrected chi connectivity index (χ2v) is 5.71. The molecule has 1 unspecified atom stereocenters. The number of hydrogen-bond donors (Lipinski definition) is 2. The number of benzene rings is 1. The summed E-state index contributed by atoms with van der Waals surface area (Å²) in [6.45, 7) is 4.21. The topological polar surface area (TPSA) is 52.6 Å². The molecule has 1 aliphatic rings. The fourth-order valence-corrected chi connectivity index (χ4v) is 3.02. The van der Waals surface area contributed by atoms with Gasteiger partial charge in [-0.2, -0.15) is 0 Å². The molecule has 0 aliphatic heterocycles. The van der Waals surface area contributed by atoms with Crippen molar-refractivity contribution >= 4 is 29.2 Å². The highest BCUT2D eigenvalue weighted by Gasteiger charge is 2.27. The Morgan fingerprint density at radius 3 is 2.95 bits per heavy atom. The zero-order valence-electron chi connectivity index (χ0n) is 11.6. The fourth-order valence-electron chi connectivity index (χ4n) is 2.57. The SMILES string of the molecule is C=CCN(CCO)C(=O)NC1CCc2c1ccc(Cl)c2Cl. The summed E-state index contributed by atoms with van der Waals surface area (Å²) in [6, 6.07) is 3.37. The van der Waals surface area contributed by atoms with E-state index in [1.54, 1.807) is 12.1 Å². The Balaban J connectivity index is 2.11. The van der Waals surface area contributed by atoms with Crippen LogP contribution in [0.2, 0.25) is 10.0 Å². The molecule has 0 heterocycles. The first kappa shape index (κ1) is 16.1. The van der Waals surface area contributed by atoms with Crippen LogP contribution in [-0.2, 0) is 6.42 Å². The van der Waals surface area contributed by atoms with E-state index in [2.05, 4.69) is 11.9 Å². The summed E-state index contributed by atoms with van der Waals surface area (Å²) in [7, 11) is 0. The van der Waals surface area contributed by atoms with Crippen molar-refractivity contribution in [3.8, 4) is 0 Å². The van der Waals surface area contributed by atoms with Gasteiger partial charge in [-0.05, 0) is 30.0 Å². The molecule has 2 rings (SSSR count). The molecule has 1 aliphatic carbocycles. The van der Waals surface area contributed by atoms with Gasteiger partial charge in [-0.1, -0.05) is 35.3 Å². The highest BCUT2D eigenvalue weighted by Crippen LogP contribution is 2.39. The summed E-state index contributed by atoms with van der Waals surface area (Å²) in [4.78, 5) is 13.8. The number of carbonyl (C=O) groups excluding carboxylic acids is 1. The van der Waals surface area contributed by atoms with Gasteiger partial charge < -0.3 is 15.3 Å². The van der Waals surface area contributed by atoms with Crippen LogP contribution >= 0.6 is 23.2 Å². The lowest BCUT2D eigenvalue weighted by atomic mass is 10.1. The summed E-state index contributed by atoms with van der Waals surface area (Å²) in [5, 5.41) is 13.1. The maximum absolute atomic E-state index is 12.2. The van der Waals surface area contributed by atoms with Crippen LogP contribution in [0, 0.1) is 0 Å². The van der Waals surface area contributed by atoms with Crippen LogP contribution < -0.4 is 5.32 Å². The van der Waals surface area contributed by atoms with Crippen molar-refractivity contribution in [2.75, 3.05) is 19.7 Å². The standard InChI is InChI=1S/C15H18Cl2N2O2/c1-2-7-19(8-9-20)15(21)18-13-6-4-11-10(13)3-5-12(16)14(11)17/h2-3,5,13,20H,1,4,6-9H2,(H,18,21). The van der Waals surface area contributed by atoms with Gasteiger partial charge in [0.1, 0.15) is 0 Å². The van der Waals surface area contributed by atoms with Gasteiger partial charge in [0, 0.05) is 13.1 Å². The van der Waals surface area contributed by atoms with Crippen molar-refractivity contribution in [3.05, 3.63) is 46.0 Å². The maximum Gasteiger partial charge on any atom is 0.318 e. The predicted octanol–water partition coefficient (Wildman–Crippen LogP) is 3.17. The largest absolute Gasteiger partial charge is 0.395 e. The second-order valence-electron chi connectivity index (χ2n) is 4.93. The number of aliphatic hydroxyl groups excluding tert-OH is 1. The Kier molecular flexibility index (Phi) is 5.51. The third-order valence-electron chi connectivity index (χ3n) is 3.60. The minimum absolute atomic E-state index is 0.0757. The smallest absolute Gasteiger partial charge is 0.318 e. The Bertz CT molecular complexity index is 549. The van der Waals surface area contributed by atoms with Crippen molar-refractivity contribution in [3.63, 3.8) is 0 Å². The van der Waals surface area contributed by atoms with E-state index in [9.17, 15) is 4.79 Å². The number of urea groups is 1.